The van der Waals surface area contributed by atoms with Crippen LogP contribution in [0.4, 0.5) is 0 Å². The van der Waals surface area contributed by atoms with E-state index in [0.717, 1.165) is 5.56 Å². The minimum Gasteiger partial charge on any atom is -0.390 e. The molecular weight excluding hydrogens is 230 g/mol. The van der Waals surface area contributed by atoms with Gasteiger partial charge in [-0.25, -0.2) is 0 Å². The van der Waals surface area contributed by atoms with E-state index in [1.54, 1.807) is 0 Å². The van der Waals surface area contributed by atoms with Crippen LogP contribution in [0.3, 0.4) is 0 Å². The lowest BCUT2D eigenvalue weighted by atomic mass is 9.99. The lowest BCUT2D eigenvalue weighted by molar-refractivity contribution is -0.151. The second-order valence-corrected chi connectivity index (χ2v) is 5.19. The maximum atomic E-state index is 10.1. The van der Waals surface area contributed by atoms with Crippen molar-refractivity contribution in [1.29, 1.82) is 0 Å². The van der Waals surface area contributed by atoms with E-state index in [1.807, 2.05) is 44.2 Å². The van der Waals surface area contributed by atoms with Crippen LogP contribution >= 0.6 is 0 Å². The molecule has 0 aromatic heterocycles. The summed E-state index contributed by atoms with van der Waals surface area (Å²) in [5.74, 6) is -0.609. The van der Waals surface area contributed by atoms with Crippen LogP contribution in [-0.2, 0) is 9.47 Å². The Balaban J connectivity index is 1.90. The highest BCUT2D eigenvalue weighted by molar-refractivity contribution is 5.18. The average molecular weight is 251 g/mol. The predicted molar refractivity (Wildman–Crippen MR) is 68.9 cm³/mol. The molecule has 1 fully saturated rings. The summed E-state index contributed by atoms with van der Waals surface area (Å²) in [6.45, 7) is 4.10. The molecule has 0 aliphatic carbocycles. The van der Waals surface area contributed by atoms with Gasteiger partial charge in [-0.15, -0.1) is 0 Å². The third-order valence-corrected chi connectivity index (χ3v) is 3.18. The summed E-state index contributed by atoms with van der Waals surface area (Å²) < 4.78 is 11.1. The second-order valence-electron chi connectivity index (χ2n) is 5.19. The highest BCUT2D eigenvalue weighted by Crippen LogP contribution is 2.27. The zero-order valence-corrected chi connectivity index (χ0v) is 10.9. The number of aliphatic hydroxyl groups excluding tert-OH is 1. The Hall–Kier alpha value is -0.940. The standard InChI is InChI=1S/C14H21NO3/c1-14(2)17-9-13(18-14)12(16)8-11(15)10-6-4-3-5-7-10/h3-7,11-13,16H,8-9,15H2,1-2H3/t11-,12-,13+/m0/s1. The van der Waals surface area contributed by atoms with Crippen molar-refractivity contribution in [3.63, 3.8) is 0 Å². The van der Waals surface area contributed by atoms with Crippen LogP contribution in [0.2, 0.25) is 0 Å². The van der Waals surface area contributed by atoms with Crippen molar-refractivity contribution < 1.29 is 14.6 Å². The molecule has 0 radical (unpaired) electrons. The normalized spacial score (nSPS) is 25.9. The molecule has 1 aromatic carbocycles. The van der Waals surface area contributed by atoms with Gasteiger partial charge in [0.15, 0.2) is 5.79 Å². The van der Waals surface area contributed by atoms with Crippen LogP contribution in [0.1, 0.15) is 31.9 Å². The first-order valence-corrected chi connectivity index (χ1v) is 6.28. The van der Waals surface area contributed by atoms with Gasteiger partial charge in [-0.05, 0) is 25.8 Å². The van der Waals surface area contributed by atoms with Crippen LogP contribution in [0.15, 0.2) is 30.3 Å². The van der Waals surface area contributed by atoms with E-state index >= 15 is 0 Å². The quantitative estimate of drug-likeness (QED) is 0.853. The molecule has 18 heavy (non-hydrogen) atoms. The zero-order chi connectivity index (χ0) is 13.2. The Morgan fingerprint density at radius 3 is 2.61 bits per heavy atom. The van der Waals surface area contributed by atoms with E-state index in [1.165, 1.54) is 0 Å². The molecular formula is C14H21NO3. The maximum absolute atomic E-state index is 10.1. The van der Waals surface area contributed by atoms with Crippen molar-refractivity contribution in [3.05, 3.63) is 35.9 Å². The van der Waals surface area contributed by atoms with Crippen LogP contribution in [0.5, 0.6) is 0 Å². The smallest absolute Gasteiger partial charge is 0.163 e. The van der Waals surface area contributed by atoms with E-state index < -0.39 is 11.9 Å². The molecule has 0 amide bonds. The van der Waals surface area contributed by atoms with Crippen molar-refractivity contribution >= 4 is 0 Å². The third-order valence-electron chi connectivity index (χ3n) is 3.18. The van der Waals surface area contributed by atoms with E-state index in [0.29, 0.717) is 13.0 Å². The average Bonchev–Trinajstić information content (AvgIpc) is 2.71. The fourth-order valence-electron chi connectivity index (χ4n) is 2.15. The van der Waals surface area contributed by atoms with Crippen molar-refractivity contribution in [2.24, 2.45) is 5.73 Å². The van der Waals surface area contributed by atoms with Crippen LogP contribution in [0, 0.1) is 0 Å². The minimum atomic E-state index is -0.609. The molecule has 4 heteroatoms. The molecule has 1 heterocycles. The summed E-state index contributed by atoms with van der Waals surface area (Å²) >= 11 is 0. The Labute approximate surface area is 108 Å². The van der Waals surface area contributed by atoms with Crippen LogP contribution in [-0.4, -0.2) is 29.7 Å². The molecule has 1 aliphatic rings. The molecule has 0 bridgehead atoms. The van der Waals surface area contributed by atoms with Crippen molar-refractivity contribution in [1.82, 2.24) is 0 Å². The van der Waals surface area contributed by atoms with E-state index in [-0.39, 0.29) is 12.1 Å². The number of ether oxygens (including phenoxy) is 2. The number of aliphatic hydroxyl groups is 1. The van der Waals surface area contributed by atoms with Gasteiger partial charge in [0, 0.05) is 6.04 Å². The topological polar surface area (TPSA) is 64.7 Å². The number of rotatable bonds is 4. The van der Waals surface area contributed by atoms with Gasteiger partial charge in [-0.1, -0.05) is 30.3 Å². The molecule has 1 aromatic rings. The first-order chi connectivity index (χ1) is 8.48. The van der Waals surface area contributed by atoms with Crippen LogP contribution in [0.25, 0.3) is 0 Å². The summed E-state index contributed by atoms with van der Waals surface area (Å²) in [5.41, 5.74) is 7.10. The van der Waals surface area contributed by atoms with Crippen LogP contribution < -0.4 is 5.73 Å². The molecule has 2 rings (SSSR count). The number of nitrogens with two attached hydrogens (primary N) is 1. The van der Waals surface area contributed by atoms with Crippen molar-refractivity contribution in [2.45, 2.75) is 44.3 Å². The predicted octanol–water partition coefficient (Wildman–Crippen LogP) is 1.59. The zero-order valence-electron chi connectivity index (χ0n) is 10.9. The van der Waals surface area contributed by atoms with Gasteiger partial charge in [-0.2, -0.15) is 0 Å². The molecule has 0 unspecified atom stereocenters. The molecule has 0 spiro atoms. The lowest BCUT2D eigenvalue weighted by Crippen LogP contribution is -2.33. The highest BCUT2D eigenvalue weighted by Gasteiger charge is 2.37. The highest BCUT2D eigenvalue weighted by atomic mass is 16.7. The Morgan fingerprint density at radius 2 is 2.06 bits per heavy atom. The summed E-state index contributed by atoms with van der Waals surface area (Å²) in [6.07, 6.45) is -0.439. The number of hydrogen-bond donors (Lipinski definition) is 2. The number of hydrogen-bond acceptors (Lipinski definition) is 4. The van der Waals surface area contributed by atoms with E-state index in [2.05, 4.69) is 0 Å². The van der Waals surface area contributed by atoms with Crippen molar-refractivity contribution in [2.75, 3.05) is 6.61 Å². The van der Waals surface area contributed by atoms with Gasteiger partial charge < -0.3 is 20.3 Å². The second kappa shape index (κ2) is 5.36. The molecule has 100 valence electrons. The van der Waals surface area contributed by atoms with Gasteiger partial charge in [0.2, 0.25) is 0 Å². The first kappa shape index (κ1) is 13.5. The Kier molecular flexibility index (Phi) is 4.02. The fourth-order valence-corrected chi connectivity index (χ4v) is 2.15. The third kappa shape index (κ3) is 3.29. The SMILES string of the molecule is CC1(C)OC[C@H]([C@@H](O)C[C@H](N)c2ccccc2)O1. The van der Waals surface area contributed by atoms with E-state index in [4.69, 9.17) is 15.2 Å². The first-order valence-electron chi connectivity index (χ1n) is 6.28. The van der Waals surface area contributed by atoms with Gasteiger partial charge in [0.05, 0.1) is 12.7 Å². The summed E-state index contributed by atoms with van der Waals surface area (Å²) in [6, 6.07) is 9.58. The minimum absolute atomic E-state index is 0.187. The maximum Gasteiger partial charge on any atom is 0.163 e. The van der Waals surface area contributed by atoms with Gasteiger partial charge in [0.25, 0.3) is 0 Å². The Bertz CT molecular complexity index is 380. The number of benzene rings is 1. The molecule has 3 N–H and O–H groups in total. The van der Waals surface area contributed by atoms with Gasteiger partial charge in [0.1, 0.15) is 6.10 Å². The summed E-state index contributed by atoms with van der Waals surface area (Å²) in [4.78, 5) is 0. The largest absolute Gasteiger partial charge is 0.390 e. The summed E-state index contributed by atoms with van der Waals surface area (Å²) in [7, 11) is 0. The Morgan fingerprint density at radius 1 is 1.39 bits per heavy atom. The lowest BCUT2D eigenvalue weighted by Gasteiger charge is -2.22. The molecule has 4 nitrogen and oxygen atoms in total. The molecule has 1 aliphatic heterocycles. The summed E-state index contributed by atoms with van der Waals surface area (Å²) in [5, 5.41) is 10.1. The fraction of sp³-hybridized carbons (Fsp3) is 0.571. The van der Waals surface area contributed by atoms with Gasteiger partial charge >= 0.3 is 0 Å². The van der Waals surface area contributed by atoms with Gasteiger partial charge in [-0.3, -0.25) is 0 Å². The molecule has 3 atom stereocenters. The molecule has 1 saturated heterocycles. The monoisotopic (exact) mass is 251 g/mol. The molecule has 0 saturated carbocycles. The van der Waals surface area contributed by atoms with E-state index in [9.17, 15) is 5.11 Å². The van der Waals surface area contributed by atoms with Crippen molar-refractivity contribution in [3.8, 4) is 0 Å².